The van der Waals surface area contributed by atoms with Gasteiger partial charge in [0.1, 0.15) is 10.9 Å². The van der Waals surface area contributed by atoms with Crippen molar-refractivity contribution in [3.8, 4) is 0 Å². The second-order valence-electron chi connectivity index (χ2n) is 8.26. The molecule has 0 aromatic heterocycles. The van der Waals surface area contributed by atoms with Crippen LogP contribution in [0.4, 0.5) is 11.4 Å². The van der Waals surface area contributed by atoms with Crippen LogP contribution in [-0.2, 0) is 19.1 Å². The number of rotatable bonds is 7. The maximum atomic E-state index is 13.5. The first-order valence-corrected chi connectivity index (χ1v) is 12.8. The van der Waals surface area contributed by atoms with Gasteiger partial charge in [-0.1, -0.05) is 49.1 Å². The van der Waals surface area contributed by atoms with Crippen LogP contribution < -0.4 is 10.2 Å². The third-order valence-corrected chi connectivity index (χ3v) is 7.36. The number of nitrogens with zero attached hydrogens (tertiary/aromatic N) is 2. The number of thioether (sulfide) groups is 1. The van der Waals surface area contributed by atoms with Gasteiger partial charge in [-0.15, -0.1) is 0 Å². The van der Waals surface area contributed by atoms with Gasteiger partial charge in [-0.25, -0.2) is 4.79 Å². The molecule has 1 N–H and O–H groups in total. The molecule has 0 radical (unpaired) electrons. The Bertz CT molecular complexity index is 1290. The first-order chi connectivity index (χ1) is 17.3. The maximum absolute atomic E-state index is 13.5. The number of carbonyl (C=O) groups is 4. The highest BCUT2D eigenvalue weighted by atomic mass is 32.2. The summed E-state index contributed by atoms with van der Waals surface area (Å²) in [6, 6.07) is 13.3. The van der Waals surface area contributed by atoms with E-state index in [1.54, 1.807) is 60.4 Å². The molecule has 0 spiro atoms. The molecular formula is C26H25N3O5S2. The molecule has 1 saturated heterocycles. The number of anilines is 2. The Morgan fingerprint density at radius 1 is 1.06 bits per heavy atom. The van der Waals surface area contributed by atoms with Crippen molar-refractivity contribution in [3.63, 3.8) is 0 Å². The molecule has 10 heteroatoms. The average molecular weight is 524 g/mol. The van der Waals surface area contributed by atoms with Crippen LogP contribution in [0.3, 0.4) is 0 Å². The Labute approximate surface area is 218 Å². The van der Waals surface area contributed by atoms with Gasteiger partial charge in [-0.2, -0.15) is 0 Å². The van der Waals surface area contributed by atoms with E-state index in [0.29, 0.717) is 26.8 Å². The minimum absolute atomic E-state index is 0.0838. The zero-order valence-corrected chi connectivity index (χ0v) is 21.7. The van der Waals surface area contributed by atoms with Gasteiger partial charge in [-0.3, -0.25) is 24.2 Å². The number of benzene rings is 2. The number of hydrogen-bond donors (Lipinski definition) is 1. The van der Waals surface area contributed by atoms with E-state index in [1.807, 2.05) is 13.8 Å². The van der Waals surface area contributed by atoms with Crippen LogP contribution in [0.1, 0.15) is 43.1 Å². The molecular weight excluding hydrogens is 498 g/mol. The normalized spacial score (nSPS) is 17.9. The van der Waals surface area contributed by atoms with Crippen LogP contribution >= 0.6 is 24.0 Å². The molecule has 1 unspecified atom stereocenters. The largest absolute Gasteiger partial charge is 0.462 e. The molecule has 8 nitrogen and oxygen atoms in total. The average Bonchev–Trinajstić information content (AvgIpc) is 3.31. The fourth-order valence-electron chi connectivity index (χ4n) is 4.00. The summed E-state index contributed by atoms with van der Waals surface area (Å²) in [7, 11) is 0. The maximum Gasteiger partial charge on any atom is 0.338 e. The molecule has 0 aliphatic carbocycles. The number of fused-ring (bicyclic) bond motifs is 1. The number of carbonyl (C=O) groups excluding carboxylic acids is 4. The Hall–Kier alpha value is -3.50. The summed E-state index contributed by atoms with van der Waals surface area (Å²) < 4.78 is 5.38. The van der Waals surface area contributed by atoms with Crippen molar-refractivity contribution in [3.05, 3.63) is 64.6 Å². The molecule has 2 aromatic carbocycles. The number of thiocarbonyl (C=S) groups is 1. The van der Waals surface area contributed by atoms with Gasteiger partial charge in [0.05, 0.1) is 28.3 Å². The fourth-order valence-corrected chi connectivity index (χ4v) is 5.53. The number of nitrogens with one attached hydrogen (secondary N) is 1. The second-order valence-corrected chi connectivity index (χ2v) is 9.90. The van der Waals surface area contributed by atoms with Gasteiger partial charge in [0.2, 0.25) is 5.91 Å². The molecule has 36 heavy (non-hydrogen) atoms. The van der Waals surface area contributed by atoms with E-state index in [4.69, 9.17) is 17.0 Å². The van der Waals surface area contributed by atoms with E-state index in [1.165, 1.54) is 4.90 Å². The van der Waals surface area contributed by atoms with Crippen LogP contribution in [-0.4, -0.2) is 52.1 Å². The van der Waals surface area contributed by atoms with Gasteiger partial charge in [0.15, 0.2) is 0 Å². The molecule has 2 aliphatic heterocycles. The standard InChI is InChI=1S/C26H25N3O5S2/c1-4-15(3)29-24(32)22(36-26(29)35)21-18-8-6-7-9-19(18)28(23(21)31)14-20(30)27-17-12-10-16(11-13-17)25(33)34-5-2/h6-13,15H,4-5,14H2,1-3H3,(H,27,30). The fraction of sp³-hybridized carbons (Fsp3) is 0.269. The molecule has 3 amide bonds. The third-order valence-electron chi connectivity index (χ3n) is 5.96. The van der Waals surface area contributed by atoms with E-state index >= 15 is 0 Å². The van der Waals surface area contributed by atoms with Crippen LogP contribution in [0.2, 0.25) is 0 Å². The topological polar surface area (TPSA) is 96.0 Å². The van der Waals surface area contributed by atoms with Crippen molar-refractivity contribution < 1.29 is 23.9 Å². The highest BCUT2D eigenvalue weighted by Gasteiger charge is 2.43. The van der Waals surface area contributed by atoms with E-state index in [-0.39, 0.29) is 35.6 Å². The zero-order valence-electron chi connectivity index (χ0n) is 20.1. The summed E-state index contributed by atoms with van der Waals surface area (Å²) in [5, 5.41) is 2.75. The summed E-state index contributed by atoms with van der Waals surface area (Å²) in [6.45, 7) is 5.63. The van der Waals surface area contributed by atoms with E-state index in [0.717, 1.165) is 18.2 Å². The van der Waals surface area contributed by atoms with Gasteiger partial charge >= 0.3 is 5.97 Å². The van der Waals surface area contributed by atoms with Crippen LogP contribution in [0.5, 0.6) is 0 Å². The lowest BCUT2D eigenvalue weighted by Gasteiger charge is -2.21. The van der Waals surface area contributed by atoms with Gasteiger partial charge in [0.25, 0.3) is 11.8 Å². The van der Waals surface area contributed by atoms with Crippen molar-refractivity contribution >= 4 is 68.9 Å². The first-order valence-electron chi connectivity index (χ1n) is 11.5. The molecule has 2 aromatic rings. The summed E-state index contributed by atoms with van der Waals surface area (Å²) >= 11 is 6.56. The Morgan fingerprint density at radius 3 is 2.42 bits per heavy atom. The quantitative estimate of drug-likeness (QED) is 0.330. The number of amides is 3. The van der Waals surface area contributed by atoms with Gasteiger partial charge in [0, 0.05) is 17.3 Å². The second kappa shape index (κ2) is 10.6. The monoisotopic (exact) mass is 523 g/mol. The predicted molar refractivity (Wildman–Crippen MR) is 144 cm³/mol. The van der Waals surface area contributed by atoms with Crippen LogP contribution in [0.15, 0.2) is 53.4 Å². The lowest BCUT2D eigenvalue weighted by Crippen LogP contribution is -2.37. The number of ether oxygens (including phenoxy) is 1. The van der Waals surface area contributed by atoms with Gasteiger partial charge in [-0.05, 0) is 50.6 Å². The third kappa shape index (κ3) is 4.78. The number of esters is 1. The lowest BCUT2D eigenvalue weighted by molar-refractivity contribution is -0.123. The molecule has 186 valence electrons. The lowest BCUT2D eigenvalue weighted by atomic mass is 10.1. The Kier molecular flexibility index (Phi) is 7.56. The molecule has 4 rings (SSSR count). The van der Waals surface area contributed by atoms with Crippen molar-refractivity contribution in [2.24, 2.45) is 0 Å². The van der Waals surface area contributed by atoms with Crippen LogP contribution in [0, 0.1) is 0 Å². The van der Waals surface area contributed by atoms with Crippen molar-refractivity contribution in [1.82, 2.24) is 4.90 Å². The molecule has 1 fully saturated rings. The smallest absolute Gasteiger partial charge is 0.338 e. The Balaban J connectivity index is 1.56. The summed E-state index contributed by atoms with van der Waals surface area (Å²) in [6.07, 6.45) is 0.729. The predicted octanol–water partition coefficient (Wildman–Crippen LogP) is 4.22. The van der Waals surface area contributed by atoms with E-state index in [9.17, 15) is 19.2 Å². The van der Waals surface area contributed by atoms with Crippen molar-refractivity contribution in [2.45, 2.75) is 33.2 Å². The van der Waals surface area contributed by atoms with Gasteiger partial charge < -0.3 is 10.1 Å². The number of para-hydroxylation sites is 1. The summed E-state index contributed by atoms with van der Waals surface area (Å²) in [4.78, 5) is 54.6. The highest BCUT2D eigenvalue weighted by Crippen LogP contribution is 2.45. The molecule has 2 heterocycles. The van der Waals surface area contributed by atoms with E-state index in [2.05, 4.69) is 5.32 Å². The first kappa shape index (κ1) is 25.6. The number of hydrogen-bond acceptors (Lipinski definition) is 7. The minimum Gasteiger partial charge on any atom is -0.462 e. The molecule has 0 saturated carbocycles. The van der Waals surface area contributed by atoms with Crippen LogP contribution in [0.25, 0.3) is 5.57 Å². The molecule has 1 atom stereocenters. The minimum atomic E-state index is -0.444. The van der Waals surface area contributed by atoms with Crippen molar-refractivity contribution in [1.29, 1.82) is 0 Å². The SMILES string of the molecule is CCOC(=O)c1ccc(NC(=O)CN2C(=O)C(=C3SC(=S)N(C(C)CC)C3=O)c3ccccc32)cc1. The Morgan fingerprint density at radius 2 is 1.75 bits per heavy atom. The molecule has 0 bridgehead atoms. The highest BCUT2D eigenvalue weighted by molar-refractivity contribution is 8.26. The zero-order chi connectivity index (χ0) is 26.0. The molecule has 2 aliphatic rings. The van der Waals surface area contributed by atoms with E-state index < -0.39 is 17.8 Å². The summed E-state index contributed by atoms with van der Waals surface area (Å²) in [5.74, 6) is -1.57. The van der Waals surface area contributed by atoms with Crippen molar-refractivity contribution in [2.75, 3.05) is 23.4 Å². The summed E-state index contributed by atoms with van der Waals surface area (Å²) in [5.41, 5.74) is 2.26.